The van der Waals surface area contributed by atoms with Crippen molar-refractivity contribution in [3.8, 4) is 11.5 Å². The monoisotopic (exact) mass is 324 g/mol. The van der Waals surface area contributed by atoms with Crippen molar-refractivity contribution >= 4 is 10.0 Å². The maximum absolute atomic E-state index is 11.8. The average molecular weight is 324 g/mol. The quantitative estimate of drug-likeness (QED) is 0.831. The SMILES string of the molecule is CS(=O)(=O)N1CC[C@@H]2[C@@H]1CCN2Cc1ccc2c(c1)OCO2. The molecule has 2 fully saturated rings. The molecule has 1 aromatic rings. The number of ether oxygens (including phenoxy) is 2. The Morgan fingerprint density at radius 3 is 2.73 bits per heavy atom. The predicted octanol–water partition coefficient (Wildman–Crippen LogP) is 1.02. The topological polar surface area (TPSA) is 59.1 Å². The molecule has 1 aromatic carbocycles. The van der Waals surface area contributed by atoms with Gasteiger partial charge in [-0.1, -0.05) is 6.07 Å². The maximum atomic E-state index is 11.8. The van der Waals surface area contributed by atoms with Gasteiger partial charge in [0, 0.05) is 31.7 Å². The molecule has 6 nitrogen and oxygen atoms in total. The summed E-state index contributed by atoms with van der Waals surface area (Å²) in [5, 5.41) is 0. The second kappa shape index (κ2) is 5.11. The van der Waals surface area contributed by atoms with Crippen molar-refractivity contribution in [1.29, 1.82) is 0 Å². The van der Waals surface area contributed by atoms with Gasteiger partial charge in [-0.25, -0.2) is 8.42 Å². The second-order valence-electron chi connectivity index (χ2n) is 6.24. The Morgan fingerprint density at radius 2 is 1.91 bits per heavy atom. The number of hydrogen-bond donors (Lipinski definition) is 0. The van der Waals surface area contributed by atoms with Crippen LogP contribution in [0.3, 0.4) is 0 Å². The van der Waals surface area contributed by atoms with E-state index in [-0.39, 0.29) is 12.8 Å². The summed E-state index contributed by atoms with van der Waals surface area (Å²) in [4.78, 5) is 2.40. The van der Waals surface area contributed by atoms with E-state index in [1.165, 1.54) is 11.8 Å². The number of sulfonamides is 1. The van der Waals surface area contributed by atoms with E-state index in [1.54, 1.807) is 4.31 Å². The van der Waals surface area contributed by atoms with Gasteiger partial charge in [0.2, 0.25) is 16.8 Å². The highest BCUT2D eigenvalue weighted by atomic mass is 32.2. The van der Waals surface area contributed by atoms with Gasteiger partial charge in [0.15, 0.2) is 11.5 Å². The van der Waals surface area contributed by atoms with Crippen LogP contribution in [0.25, 0.3) is 0 Å². The van der Waals surface area contributed by atoms with Crippen molar-refractivity contribution < 1.29 is 17.9 Å². The summed E-state index contributed by atoms with van der Waals surface area (Å²) in [7, 11) is -3.09. The standard InChI is InChI=1S/C15H20N2O4S/c1-22(18,19)17-7-5-12-13(17)4-6-16(12)9-11-2-3-14-15(8-11)21-10-20-14/h2-3,8,12-13H,4-7,9-10H2,1H3/t12-,13+/m1/s1. The average Bonchev–Trinajstić information content (AvgIpc) is 3.13. The highest BCUT2D eigenvalue weighted by molar-refractivity contribution is 7.88. The molecular weight excluding hydrogens is 304 g/mol. The van der Waals surface area contributed by atoms with Crippen molar-refractivity contribution in [3.05, 3.63) is 23.8 Å². The van der Waals surface area contributed by atoms with Gasteiger partial charge < -0.3 is 9.47 Å². The van der Waals surface area contributed by atoms with E-state index in [2.05, 4.69) is 11.0 Å². The van der Waals surface area contributed by atoms with Crippen LogP contribution in [0, 0.1) is 0 Å². The number of likely N-dealkylation sites (tertiary alicyclic amines) is 1. The van der Waals surface area contributed by atoms with E-state index in [9.17, 15) is 8.42 Å². The lowest BCUT2D eigenvalue weighted by Gasteiger charge is -2.24. The molecule has 0 spiro atoms. The minimum Gasteiger partial charge on any atom is -0.454 e. The molecule has 0 radical (unpaired) electrons. The van der Waals surface area contributed by atoms with Crippen LogP contribution in [0.15, 0.2) is 18.2 Å². The van der Waals surface area contributed by atoms with E-state index in [0.717, 1.165) is 37.4 Å². The van der Waals surface area contributed by atoms with Crippen LogP contribution in [-0.4, -0.2) is 55.8 Å². The normalized spacial score (nSPS) is 28.2. The van der Waals surface area contributed by atoms with Crippen molar-refractivity contribution in [2.45, 2.75) is 31.5 Å². The van der Waals surface area contributed by atoms with Gasteiger partial charge in [-0.2, -0.15) is 4.31 Å². The fourth-order valence-corrected chi connectivity index (χ4v) is 5.09. The summed E-state index contributed by atoms with van der Waals surface area (Å²) in [6.07, 6.45) is 3.15. The highest BCUT2D eigenvalue weighted by Gasteiger charge is 2.45. The van der Waals surface area contributed by atoms with E-state index in [4.69, 9.17) is 9.47 Å². The first-order chi connectivity index (χ1) is 10.5. The van der Waals surface area contributed by atoms with Gasteiger partial charge in [-0.15, -0.1) is 0 Å². The molecule has 3 heterocycles. The molecule has 0 bridgehead atoms. The molecule has 3 aliphatic heterocycles. The van der Waals surface area contributed by atoms with E-state index in [1.807, 2.05) is 12.1 Å². The highest BCUT2D eigenvalue weighted by Crippen LogP contribution is 2.36. The Labute approximate surface area is 130 Å². The third-order valence-corrected chi connectivity index (χ3v) is 6.19. The molecule has 22 heavy (non-hydrogen) atoms. The molecule has 0 aromatic heterocycles. The summed E-state index contributed by atoms with van der Waals surface area (Å²) >= 11 is 0. The Kier molecular flexibility index (Phi) is 3.32. The fraction of sp³-hybridized carbons (Fsp3) is 0.600. The van der Waals surface area contributed by atoms with Crippen LogP contribution in [0.2, 0.25) is 0 Å². The molecule has 0 saturated carbocycles. The number of hydrogen-bond acceptors (Lipinski definition) is 5. The fourth-order valence-electron chi connectivity index (χ4n) is 3.92. The van der Waals surface area contributed by atoms with Crippen LogP contribution < -0.4 is 9.47 Å². The lowest BCUT2D eigenvalue weighted by Crippen LogP contribution is -2.38. The van der Waals surface area contributed by atoms with E-state index >= 15 is 0 Å². The number of nitrogens with zero attached hydrogens (tertiary/aromatic N) is 2. The van der Waals surface area contributed by atoms with Gasteiger partial charge in [-0.05, 0) is 30.5 Å². The molecule has 120 valence electrons. The summed E-state index contributed by atoms with van der Waals surface area (Å²) in [5.74, 6) is 1.60. The van der Waals surface area contributed by atoms with Crippen LogP contribution in [-0.2, 0) is 16.6 Å². The molecule has 0 N–H and O–H groups in total. The number of fused-ring (bicyclic) bond motifs is 2. The summed E-state index contributed by atoms with van der Waals surface area (Å²) in [5.41, 5.74) is 1.18. The third kappa shape index (κ3) is 2.37. The van der Waals surface area contributed by atoms with Crippen molar-refractivity contribution in [3.63, 3.8) is 0 Å². The molecule has 7 heteroatoms. The molecule has 0 amide bonds. The first-order valence-electron chi connectivity index (χ1n) is 7.62. The smallest absolute Gasteiger partial charge is 0.231 e. The Bertz CT molecular complexity index is 691. The van der Waals surface area contributed by atoms with Gasteiger partial charge >= 0.3 is 0 Å². The van der Waals surface area contributed by atoms with E-state index in [0.29, 0.717) is 12.6 Å². The summed E-state index contributed by atoms with van der Waals surface area (Å²) < 4.78 is 36.1. The zero-order valence-electron chi connectivity index (χ0n) is 12.6. The van der Waals surface area contributed by atoms with Crippen LogP contribution >= 0.6 is 0 Å². The van der Waals surface area contributed by atoms with Crippen molar-refractivity contribution in [2.75, 3.05) is 26.1 Å². The van der Waals surface area contributed by atoms with Crippen LogP contribution in [0.4, 0.5) is 0 Å². The van der Waals surface area contributed by atoms with Crippen LogP contribution in [0.1, 0.15) is 18.4 Å². The molecule has 4 rings (SSSR count). The zero-order valence-corrected chi connectivity index (χ0v) is 13.4. The van der Waals surface area contributed by atoms with Crippen molar-refractivity contribution in [2.24, 2.45) is 0 Å². The largest absolute Gasteiger partial charge is 0.454 e. The molecule has 3 aliphatic rings. The van der Waals surface area contributed by atoms with Crippen molar-refractivity contribution in [1.82, 2.24) is 9.21 Å². The first-order valence-corrected chi connectivity index (χ1v) is 9.46. The van der Waals surface area contributed by atoms with Gasteiger partial charge in [0.1, 0.15) is 0 Å². The lowest BCUT2D eigenvalue weighted by atomic mass is 10.1. The van der Waals surface area contributed by atoms with E-state index < -0.39 is 10.0 Å². The molecular formula is C15H20N2O4S. The predicted molar refractivity (Wildman–Crippen MR) is 81.3 cm³/mol. The first kappa shape index (κ1) is 14.3. The Balaban J connectivity index is 1.49. The van der Waals surface area contributed by atoms with Gasteiger partial charge in [-0.3, -0.25) is 4.90 Å². The lowest BCUT2D eigenvalue weighted by molar-refractivity contribution is 0.174. The zero-order chi connectivity index (χ0) is 15.3. The Morgan fingerprint density at radius 1 is 1.14 bits per heavy atom. The summed E-state index contributed by atoms with van der Waals surface area (Å²) in [6, 6.07) is 6.51. The molecule has 2 saturated heterocycles. The molecule has 0 unspecified atom stereocenters. The summed E-state index contributed by atoms with van der Waals surface area (Å²) in [6.45, 7) is 2.70. The number of benzene rings is 1. The van der Waals surface area contributed by atoms with Crippen LogP contribution in [0.5, 0.6) is 11.5 Å². The molecule has 0 aliphatic carbocycles. The minimum atomic E-state index is -3.09. The Hall–Kier alpha value is -1.31. The van der Waals surface area contributed by atoms with Gasteiger partial charge in [0.05, 0.1) is 6.26 Å². The maximum Gasteiger partial charge on any atom is 0.231 e. The molecule has 2 atom stereocenters. The second-order valence-corrected chi connectivity index (χ2v) is 8.18. The van der Waals surface area contributed by atoms with Gasteiger partial charge in [0.25, 0.3) is 0 Å². The number of rotatable bonds is 3. The minimum absolute atomic E-state index is 0.143. The third-order valence-electron chi connectivity index (χ3n) is 4.89.